The highest BCUT2D eigenvalue weighted by Gasteiger charge is 2.06. The molecule has 14 heavy (non-hydrogen) atoms. The molecule has 80 valence electrons. The number of aryl methyl sites for hydroxylation is 2. The van der Waals surface area contributed by atoms with Crippen LogP contribution in [0.4, 0.5) is 0 Å². The molecule has 0 fully saturated rings. The van der Waals surface area contributed by atoms with Gasteiger partial charge in [0, 0.05) is 37.9 Å². The molecule has 1 rings (SSSR count). The smallest absolute Gasteiger partial charge is 0.0666 e. The van der Waals surface area contributed by atoms with E-state index in [2.05, 4.69) is 30.5 Å². The molecule has 4 nitrogen and oxygen atoms in total. The Kier molecular flexibility index (Phi) is 4.10. The zero-order valence-electron chi connectivity index (χ0n) is 9.25. The van der Waals surface area contributed by atoms with Crippen molar-refractivity contribution in [2.24, 2.45) is 12.8 Å². The van der Waals surface area contributed by atoms with Crippen molar-refractivity contribution in [1.29, 1.82) is 0 Å². The summed E-state index contributed by atoms with van der Waals surface area (Å²) in [6.45, 7) is 5.73. The van der Waals surface area contributed by atoms with Crippen LogP contribution in [0.25, 0.3) is 0 Å². The summed E-state index contributed by atoms with van der Waals surface area (Å²) < 4.78 is 1.86. The lowest BCUT2D eigenvalue weighted by molar-refractivity contribution is 0.554. The summed E-state index contributed by atoms with van der Waals surface area (Å²) in [4.78, 5) is 0. The molecule has 0 saturated heterocycles. The van der Waals surface area contributed by atoms with Crippen molar-refractivity contribution >= 4 is 0 Å². The first-order valence-corrected chi connectivity index (χ1v) is 5.12. The summed E-state index contributed by atoms with van der Waals surface area (Å²) in [5.74, 6) is 0. The highest BCUT2D eigenvalue weighted by molar-refractivity contribution is 5.16. The summed E-state index contributed by atoms with van der Waals surface area (Å²) in [5, 5.41) is 7.74. The topological polar surface area (TPSA) is 55.9 Å². The van der Waals surface area contributed by atoms with E-state index in [1.54, 1.807) is 0 Å². The van der Waals surface area contributed by atoms with Gasteiger partial charge in [-0.15, -0.1) is 0 Å². The second-order valence-electron chi connectivity index (χ2n) is 3.65. The van der Waals surface area contributed by atoms with Gasteiger partial charge in [0.2, 0.25) is 0 Å². The summed E-state index contributed by atoms with van der Waals surface area (Å²) in [5.41, 5.74) is 7.97. The van der Waals surface area contributed by atoms with Crippen LogP contribution in [-0.4, -0.2) is 22.4 Å². The SMILES string of the molecule is CCc1nn(C)cc1CN[C@H](C)CN. The van der Waals surface area contributed by atoms with E-state index in [0.717, 1.165) is 13.0 Å². The Morgan fingerprint density at radius 3 is 2.93 bits per heavy atom. The molecule has 1 atom stereocenters. The van der Waals surface area contributed by atoms with Crippen LogP contribution < -0.4 is 11.1 Å². The normalized spacial score (nSPS) is 13.1. The minimum absolute atomic E-state index is 0.361. The summed E-state index contributed by atoms with van der Waals surface area (Å²) >= 11 is 0. The van der Waals surface area contributed by atoms with E-state index in [9.17, 15) is 0 Å². The Bertz CT molecular complexity index is 280. The minimum Gasteiger partial charge on any atom is -0.329 e. The predicted molar refractivity (Wildman–Crippen MR) is 57.9 cm³/mol. The standard InChI is InChI=1S/C10H20N4/c1-4-10-9(7-14(3)13-10)6-12-8(2)5-11/h7-8,12H,4-6,11H2,1-3H3/t8-/m1/s1. The Labute approximate surface area is 85.5 Å². The Hall–Kier alpha value is -0.870. The zero-order valence-corrected chi connectivity index (χ0v) is 9.25. The van der Waals surface area contributed by atoms with E-state index in [-0.39, 0.29) is 0 Å². The van der Waals surface area contributed by atoms with Crippen molar-refractivity contribution in [3.63, 3.8) is 0 Å². The lowest BCUT2D eigenvalue weighted by atomic mass is 10.2. The van der Waals surface area contributed by atoms with Gasteiger partial charge in [0.1, 0.15) is 0 Å². The Morgan fingerprint density at radius 2 is 2.36 bits per heavy atom. The number of hydrogen-bond donors (Lipinski definition) is 2. The van der Waals surface area contributed by atoms with E-state index in [1.807, 2.05) is 11.7 Å². The molecule has 0 aliphatic carbocycles. The number of nitrogens with two attached hydrogens (primary N) is 1. The first-order valence-electron chi connectivity index (χ1n) is 5.12. The number of nitrogens with one attached hydrogen (secondary N) is 1. The molecule has 0 saturated carbocycles. The zero-order chi connectivity index (χ0) is 10.6. The van der Waals surface area contributed by atoms with Crippen molar-refractivity contribution in [3.05, 3.63) is 17.5 Å². The summed E-state index contributed by atoms with van der Waals surface area (Å²) in [6, 6.07) is 0.361. The molecule has 0 aliphatic heterocycles. The van der Waals surface area contributed by atoms with Crippen LogP contribution in [0.1, 0.15) is 25.1 Å². The number of aromatic nitrogens is 2. The molecule has 0 unspecified atom stereocenters. The van der Waals surface area contributed by atoms with Crippen LogP contribution in [0, 0.1) is 0 Å². The van der Waals surface area contributed by atoms with Crippen molar-refractivity contribution in [1.82, 2.24) is 15.1 Å². The number of rotatable bonds is 5. The van der Waals surface area contributed by atoms with Gasteiger partial charge >= 0.3 is 0 Å². The summed E-state index contributed by atoms with van der Waals surface area (Å²) in [7, 11) is 1.95. The molecule has 0 spiro atoms. The van der Waals surface area contributed by atoms with Crippen molar-refractivity contribution in [2.75, 3.05) is 6.54 Å². The van der Waals surface area contributed by atoms with E-state index >= 15 is 0 Å². The van der Waals surface area contributed by atoms with Gasteiger partial charge in [-0.25, -0.2) is 0 Å². The predicted octanol–water partition coefficient (Wildman–Crippen LogP) is 0.419. The lowest BCUT2D eigenvalue weighted by Crippen LogP contribution is -2.32. The van der Waals surface area contributed by atoms with E-state index in [0.29, 0.717) is 12.6 Å². The van der Waals surface area contributed by atoms with Gasteiger partial charge in [0.05, 0.1) is 5.69 Å². The Balaban J connectivity index is 2.57. The molecule has 0 aromatic carbocycles. The van der Waals surface area contributed by atoms with E-state index in [1.165, 1.54) is 11.3 Å². The van der Waals surface area contributed by atoms with Gasteiger partial charge in [-0.2, -0.15) is 5.10 Å². The van der Waals surface area contributed by atoms with E-state index < -0.39 is 0 Å². The molecule has 0 aliphatic rings. The first-order chi connectivity index (χ1) is 6.67. The maximum absolute atomic E-state index is 5.53. The lowest BCUT2D eigenvalue weighted by Gasteiger charge is -2.10. The quantitative estimate of drug-likeness (QED) is 0.717. The van der Waals surface area contributed by atoms with Crippen LogP contribution in [-0.2, 0) is 20.0 Å². The van der Waals surface area contributed by atoms with Gasteiger partial charge in [0.15, 0.2) is 0 Å². The third kappa shape index (κ3) is 2.82. The van der Waals surface area contributed by atoms with Crippen LogP contribution >= 0.6 is 0 Å². The van der Waals surface area contributed by atoms with Crippen molar-refractivity contribution in [2.45, 2.75) is 32.9 Å². The van der Waals surface area contributed by atoms with Gasteiger partial charge in [-0.3, -0.25) is 4.68 Å². The second-order valence-corrected chi connectivity index (χ2v) is 3.65. The van der Waals surface area contributed by atoms with Crippen LogP contribution in [0.3, 0.4) is 0 Å². The van der Waals surface area contributed by atoms with Gasteiger partial charge in [-0.1, -0.05) is 6.92 Å². The minimum atomic E-state index is 0.361. The van der Waals surface area contributed by atoms with Crippen LogP contribution in [0.15, 0.2) is 6.20 Å². The largest absolute Gasteiger partial charge is 0.329 e. The maximum atomic E-state index is 5.53. The fraction of sp³-hybridized carbons (Fsp3) is 0.700. The molecule has 0 radical (unpaired) electrons. The first kappa shape index (κ1) is 11.2. The Morgan fingerprint density at radius 1 is 1.64 bits per heavy atom. The molecule has 1 aromatic heterocycles. The third-order valence-electron chi connectivity index (χ3n) is 2.32. The van der Waals surface area contributed by atoms with Gasteiger partial charge < -0.3 is 11.1 Å². The molecule has 1 aromatic rings. The molecular weight excluding hydrogens is 176 g/mol. The maximum Gasteiger partial charge on any atom is 0.0666 e. The molecule has 3 N–H and O–H groups in total. The molecule has 0 amide bonds. The molecule has 4 heteroatoms. The number of nitrogens with zero attached hydrogens (tertiary/aromatic N) is 2. The highest BCUT2D eigenvalue weighted by Crippen LogP contribution is 2.06. The summed E-state index contributed by atoms with van der Waals surface area (Å²) in [6.07, 6.45) is 3.05. The highest BCUT2D eigenvalue weighted by atomic mass is 15.3. The average Bonchev–Trinajstić information content (AvgIpc) is 2.55. The molecule has 1 heterocycles. The monoisotopic (exact) mass is 196 g/mol. The van der Waals surface area contributed by atoms with Gasteiger partial charge in [0.25, 0.3) is 0 Å². The van der Waals surface area contributed by atoms with E-state index in [4.69, 9.17) is 5.73 Å². The van der Waals surface area contributed by atoms with Crippen molar-refractivity contribution in [3.8, 4) is 0 Å². The third-order valence-corrected chi connectivity index (χ3v) is 2.32. The van der Waals surface area contributed by atoms with Crippen LogP contribution in [0.2, 0.25) is 0 Å². The van der Waals surface area contributed by atoms with Gasteiger partial charge in [-0.05, 0) is 13.3 Å². The fourth-order valence-corrected chi connectivity index (χ4v) is 1.40. The van der Waals surface area contributed by atoms with Crippen LogP contribution in [0.5, 0.6) is 0 Å². The molecule has 0 bridgehead atoms. The fourth-order valence-electron chi connectivity index (χ4n) is 1.40. The molecular formula is C10H20N4. The van der Waals surface area contributed by atoms with Crippen molar-refractivity contribution < 1.29 is 0 Å². The average molecular weight is 196 g/mol. The second kappa shape index (κ2) is 5.12. The number of hydrogen-bond acceptors (Lipinski definition) is 3.